The molecule has 2 N–H and O–H groups in total. The highest BCUT2D eigenvalue weighted by Gasteiger charge is 2.15. The van der Waals surface area contributed by atoms with Crippen LogP contribution >= 0.6 is 0 Å². The number of hydrogen-bond acceptors (Lipinski definition) is 2. The van der Waals surface area contributed by atoms with Gasteiger partial charge in [-0.15, -0.1) is 0 Å². The van der Waals surface area contributed by atoms with E-state index in [-0.39, 0.29) is 5.69 Å². The second kappa shape index (κ2) is 5.84. The lowest BCUT2D eigenvalue weighted by Crippen LogP contribution is -2.29. The molecule has 0 saturated heterocycles. The Morgan fingerprint density at radius 3 is 2.47 bits per heavy atom. The van der Waals surface area contributed by atoms with Crippen LogP contribution in [0.1, 0.15) is 27.2 Å². The van der Waals surface area contributed by atoms with Crippen molar-refractivity contribution in [3.8, 4) is 0 Å². The van der Waals surface area contributed by atoms with Crippen LogP contribution in [0, 0.1) is 17.6 Å². The Kier molecular flexibility index (Phi) is 4.73. The molecule has 1 rings (SSSR count). The molecule has 1 unspecified atom stereocenters. The Morgan fingerprint density at radius 1 is 1.29 bits per heavy atom. The molecule has 0 aliphatic heterocycles. The molecule has 4 heteroatoms. The van der Waals surface area contributed by atoms with Crippen molar-refractivity contribution < 1.29 is 8.78 Å². The number of anilines is 2. The van der Waals surface area contributed by atoms with Crippen LogP contribution in [0.4, 0.5) is 20.2 Å². The quantitative estimate of drug-likeness (QED) is 0.802. The monoisotopic (exact) mass is 242 g/mol. The summed E-state index contributed by atoms with van der Waals surface area (Å²) in [5.41, 5.74) is 6.14. The standard InChI is InChI=1S/C13H20F2N2/c1-4-9(3)8-17(5-2)12-7-10(14)6-11(15)13(12)16/h6-7,9H,4-5,8,16H2,1-3H3. The van der Waals surface area contributed by atoms with Crippen LogP contribution < -0.4 is 10.6 Å². The smallest absolute Gasteiger partial charge is 0.151 e. The van der Waals surface area contributed by atoms with Crippen molar-refractivity contribution in [2.75, 3.05) is 23.7 Å². The lowest BCUT2D eigenvalue weighted by Gasteiger charge is -2.27. The molecular weight excluding hydrogens is 222 g/mol. The molecule has 0 aliphatic carbocycles. The van der Waals surface area contributed by atoms with E-state index < -0.39 is 11.6 Å². The highest BCUT2D eigenvalue weighted by Crippen LogP contribution is 2.28. The van der Waals surface area contributed by atoms with Gasteiger partial charge in [-0.25, -0.2) is 8.78 Å². The normalized spacial score (nSPS) is 12.5. The average molecular weight is 242 g/mol. The van der Waals surface area contributed by atoms with Gasteiger partial charge in [-0.1, -0.05) is 20.3 Å². The van der Waals surface area contributed by atoms with Gasteiger partial charge in [0.25, 0.3) is 0 Å². The van der Waals surface area contributed by atoms with Crippen molar-refractivity contribution in [2.45, 2.75) is 27.2 Å². The second-order valence-corrected chi connectivity index (χ2v) is 4.37. The van der Waals surface area contributed by atoms with E-state index in [4.69, 9.17) is 5.73 Å². The third-order valence-electron chi connectivity index (χ3n) is 3.02. The number of nitrogens with two attached hydrogens (primary N) is 1. The Labute approximate surface area is 101 Å². The minimum absolute atomic E-state index is 0.0246. The van der Waals surface area contributed by atoms with E-state index in [9.17, 15) is 8.78 Å². The summed E-state index contributed by atoms with van der Waals surface area (Å²) in [6.45, 7) is 7.57. The van der Waals surface area contributed by atoms with Crippen LogP contribution in [0.15, 0.2) is 12.1 Å². The molecule has 0 aliphatic rings. The van der Waals surface area contributed by atoms with Gasteiger partial charge in [-0.3, -0.25) is 0 Å². The summed E-state index contributed by atoms with van der Waals surface area (Å²) >= 11 is 0. The van der Waals surface area contributed by atoms with Gasteiger partial charge in [-0.05, 0) is 18.9 Å². The summed E-state index contributed by atoms with van der Waals surface area (Å²) in [7, 11) is 0. The zero-order chi connectivity index (χ0) is 13.0. The third-order valence-corrected chi connectivity index (χ3v) is 3.02. The van der Waals surface area contributed by atoms with Crippen LogP contribution in [0.3, 0.4) is 0 Å². The summed E-state index contributed by atoms with van der Waals surface area (Å²) < 4.78 is 26.6. The second-order valence-electron chi connectivity index (χ2n) is 4.37. The zero-order valence-electron chi connectivity index (χ0n) is 10.6. The first-order valence-electron chi connectivity index (χ1n) is 5.99. The molecule has 96 valence electrons. The largest absolute Gasteiger partial charge is 0.395 e. The van der Waals surface area contributed by atoms with Gasteiger partial charge in [0, 0.05) is 19.2 Å². The molecule has 1 aromatic rings. The van der Waals surface area contributed by atoms with Crippen LogP contribution in [0.2, 0.25) is 0 Å². The van der Waals surface area contributed by atoms with Crippen molar-refractivity contribution in [3.05, 3.63) is 23.8 Å². The zero-order valence-corrected chi connectivity index (χ0v) is 10.6. The van der Waals surface area contributed by atoms with Gasteiger partial charge in [-0.2, -0.15) is 0 Å². The highest BCUT2D eigenvalue weighted by atomic mass is 19.1. The highest BCUT2D eigenvalue weighted by molar-refractivity contribution is 5.68. The van der Waals surface area contributed by atoms with Crippen LogP contribution in [-0.2, 0) is 0 Å². The fourth-order valence-corrected chi connectivity index (χ4v) is 1.74. The van der Waals surface area contributed by atoms with Gasteiger partial charge >= 0.3 is 0 Å². The number of nitrogen functional groups attached to an aromatic ring is 1. The molecule has 0 heterocycles. The molecule has 1 atom stereocenters. The SMILES string of the molecule is CCC(C)CN(CC)c1cc(F)cc(F)c1N. The Balaban J connectivity index is 3.03. The van der Waals surface area contributed by atoms with E-state index in [1.54, 1.807) is 0 Å². The van der Waals surface area contributed by atoms with Crippen molar-refractivity contribution in [1.29, 1.82) is 0 Å². The van der Waals surface area contributed by atoms with E-state index in [0.29, 0.717) is 18.2 Å². The maximum absolute atomic E-state index is 13.4. The summed E-state index contributed by atoms with van der Waals surface area (Å²) in [5.74, 6) is -0.822. The average Bonchev–Trinajstić information content (AvgIpc) is 2.30. The van der Waals surface area contributed by atoms with E-state index in [1.165, 1.54) is 6.07 Å². The lowest BCUT2D eigenvalue weighted by atomic mass is 10.1. The number of benzene rings is 1. The Hall–Kier alpha value is -1.32. The first-order chi connectivity index (χ1) is 7.99. The molecule has 0 aromatic heterocycles. The Morgan fingerprint density at radius 2 is 1.94 bits per heavy atom. The number of nitrogens with zero attached hydrogens (tertiary/aromatic N) is 1. The molecule has 0 bridgehead atoms. The molecule has 1 aromatic carbocycles. The number of halogens is 2. The van der Waals surface area contributed by atoms with Crippen LogP contribution in [0.5, 0.6) is 0 Å². The van der Waals surface area contributed by atoms with E-state index >= 15 is 0 Å². The topological polar surface area (TPSA) is 29.3 Å². The van der Waals surface area contributed by atoms with E-state index in [0.717, 1.165) is 19.0 Å². The van der Waals surface area contributed by atoms with Gasteiger partial charge < -0.3 is 10.6 Å². The fraction of sp³-hybridized carbons (Fsp3) is 0.538. The molecule has 0 saturated carbocycles. The maximum Gasteiger partial charge on any atom is 0.151 e. The molecule has 0 spiro atoms. The molecule has 2 nitrogen and oxygen atoms in total. The molecule has 0 radical (unpaired) electrons. The number of rotatable bonds is 5. The van der Waals surface area contributed by atoms with Crippen molar-refractivity contribution in [1.82, 2.24) is 0 Å². The first kappa shape index (κ1) is 13.7. The third kappa shape index (κ3) is 3.32. The van der Waals surface area contributed by atoms with Gasteiger partial charge in [0.1, 0.15) is 5.82 Å². The molecular formula is C13H20F2N2. The van der Waals surface area contributed by atoms with Crippen molar-refractivity contribution >= 4 is 11.4 Å². The van der Waals surface area contributed by atoms with Gasteiger partial charge in [0.2, 0.25) is 0 Å². The van der Waals surface area contributed by atoms with Gasteiger partial charge in [0.15, 0.2) is 5.82 Å². The molecule has 17 heavy (non-hydrogen) atoms. The first-order valence-corrected chi connectivity index (χ1v) is 5.99. The Bertz CT molecular complexity index is 380. The van der Waals surface area contributed by atoms with Gasteiger partial charge in [0.05, 0.1) is 11.4 Å². The predicted octanol–water partition coefficient (Wildman–Crippen LogP) is 3.42. The van der Waals surface area contributed by atoms with E-state index in [2.05, 4.69) is 13.8 Å². The molecule has 0 fully saturated rings. The minimum atomic E-state index is -0.692. The summed E-state index contributed by atoms with van der Waals surface area (Å²) in [4.78, 5) is 1.91. The predicted molar refractivity (Wildman–Crippen MR) is 68.1 cm³/mol. The fourth-order valence-electron chi connectivity index (χ4n) is 1.74. The molecule has 0 amide bonds. The van der Waals surface area contributed by atoms with Crippen molar-refractivity contribution in [3.63, 3.8) is 0 Å². The van der Waals surface area contributed by atoms with E-state index in [1.807, 2.05) is 11.8 Å². The minimum Gasteiger partial charge on any atom is -0.395 e. The van der Waals surface area contributed by atoms with Crippen molar-refractivity contribution in [2.24, 2.45) is 5.92 Å². The maximum atomic E-state index is 13.4. The number of hydrogen-bond donors (Lipinski definition) is 1. The van der Waals surface area contributed by atoms with Crippen LogP contribution in [-0.4, -0.2) is 13.1 Å². The van der Waals surface area contributed by atoms with Crippen LogP contribution in [0.25, 0.3) is 0 Å². The lowest BCUT2D eigenvalue weighted by molar-refractivity contribution is 0.544. The summed E-state index contributed by atoms with van der Waals surface area (Å²) in [6, 6.07) is 2.11. The summed E-state index contributed by atoms with van der Waals surface area (Å²) in [5, 5.41) is 0. The summed E-state index contributed by atoms with van der Waals surface area (Å²) in [6.07, 6.45) is 1.02.